The summed E-state index contributed by atoms with van der Waals surface area (Å²) in [5.74, 6) is -0.196. The molecule has 1 aromatic heterocycles. The van der Waals surface area contributed by atoms with Gasteiger partial charge in [-0.05, 0) is 36.6 Å². The number of hydrogen-bond acceptors (Lipinski definition) is 1. The molecule has 5 heteroatoms. The molecule has 0 unspecified atom stereocenters. The lowest BCUT2D eigenvalue weighted by Crippen LogP contribution is -2.33. The van der Waals surface area contributed by atoms with Crippen molar-refractivity contribution in [2.24, 2.45) is 0 Å². The van der Waals surface area contributed by atoms with E-state index < -0.39 is 0 Å². The Morgan fingerprint density at radius 1 is 1.30 bits per heavy atom. The van der Waals surface area contributed by atoms with Crippen LogP contribution in [0.4, 0.5) is 4.39 Å². The monoisotopic (exact) mass is 402 g/mol. The van der Waals surface area contributed by atoms with Gasteiger partial charge in [0.25, 0.3) is 0 Å². The van der Waals surface area contributed by atoms with E-state index in [1.165, 1.54) is 6.07 Å². The number of benzene rings is 1. The smallest absolute Gasteiger partial charge is 0.123 e. The summed E-state index contributed by atoms with van der Waals surface area (Å²) in [5.41, 5.74) is 1.98. The van der Waals surface area contributed by atoms with Crippen LogP contribution in [0.5, 0.6) is 0 Å². The molecule has 0 fully saturated rings. The van der Waals surface area contributed by atoms with E-state index in [2.05, 4.69) is 50.1 Å². The quantitative estimate of drug-likeness (QED) is 0.657. The van der Waals surface area contributed by atoms with Crippen molar-refractivity contribution in [1.29, 1.82) is 0 Å². The molecule has 1 aromatic carbocycles. The lowest BCUT2D eigenvalue weighted by molar-refractivity contribution is 0.540. The first-order valence-corrected chi connectivity index (χ1v) is 8.77. The summed E-state index contributed by atoms with van der Waals surface area (Å²) in [7, 11) is 0. The van der Waals surface area contributed by atoms with Crippen LogP contribution >= 0.6 is 31.9 Å². The van der Waals surface area contributed by atoms with Crippen LogP contribution in [0.25, 0.3) is 0 Å². The molecule has 20 heavy (non-hydrogen) atoms. The summed E-state index contributed by atoms with van der Waals surface area (Å²) >= 11 is 7.19. The van der Waals surface area contributed by atoms with Gasteiger partial charge >= 0.3 is 0 Å². The van der Waals surface area contributed by atoms with Crippen molar-refractivity contribution in [3.63, 3.8) is 0 Å². The number of aromatic nitrogens is 2. The van der Waals surface area contributed by atoms with Crippen LogP contribution in [0.1, 0.15) is 18.1 Å². The lowest BCUT2D eigenvalue weighted by Gasteiger charge is -2.30. The fraction of sp³-hybridized carbons (Fsp3) is 0.400. The van der Waals surface area contributed by atoms with Crippen molar-refractivity contribution < 1.29 is 4.39 Å². The molecule has 0 saturated heterocycles. The first-order chi connectivity index (χ1) is 9.63. The Morgan fingerprint density at radius 3 is 2.60 bits per heavy atom. The van der Waals surface area contributed by atoms with Gasteiger partial charge in [0, 0.05) is 28.8 Å². The fourth-order valence-electron chi connectivity index (χ4n) is 2.27. The molecule has 0 bridgehead atoms. The number of aryl methyl sites for hydroxylation is 1. The van der Waals surface area contributed by atoms with Crippen LogP contribution < -0.4 is 0 Å². The normalized spacial score (nSPS) is 11.8. The van der Waals surface area contributed by atoms with Crippen LogP contribution in [-0.2, 0) is 18.4 Å². The summed E-state index contributed by atoms with van der Waals surface area (Å²) in [4.78, 5) is 0. The number of hydrogen-bond donors (Lipinski definition) is 0. The molecule has 0 radical (unpaired) electrons. The van der Waals surface area contributed by atoms with Crippen LogP contribution in [0.3, 0.4) is 0 Å². The van der Waals surface area contributed by atoms with E-state index in [9.17, 15) is 4.39 Å². The highest BCUT2D eigenvalue weighted by Gasteiger charge is 2.31. The van der Waals surface area contributed by atoms with Gasteiger partial charge in [0.05, 0.1) is 6.20 Å². The summed E-state index contributed by atoms with van der Waals surface area (Å²) in [6, 6.07) is 6.84. The molecule has 1 heterocycles. The second-order valence-electron chi connectivity index (χ2n) is 4.94. The van der Waals surface area contributed by atoms with E-state index in [1.54, 1.807) is 12.1 Å². The maximum atomic E-state index is 13.5. The largest absolute Gasteiger partial charge is 0.273 e. The maximum Gasteiger partial charge on any atom is 0.123 e. The minimum atomic E-state index is -0.196. The first-order valence-electron chi connectivity index (χ1n) is 6.53. The summed E-state index contributed by atoms with van der Waals surface area (Å²) in [5, 5.41) is 5.82. The van der Waals surface area contributed by atoms with Crippen molar-refractivity contribution in [3.05, 3.63) is 53.6 Å². The predicted octanol–water partition coefficient (Wildman–Crippen LogP) is 4.31. The van der Waals surface area contributed by atoms with Crippen LogP contribution in [-0.4, -0.2) is 20.4 Å². The Labute approximate surface area is 135 Å². The summed E-state index contributed by atoms with van der Waals surface area (Å²) in [6.07, 6.45) is 4.76. The van der Waals surface area contributed by atoms with Crippen molar-refractivity contribution in [1.82, 2.24) is 9.78 Å². The highest BCUT2D eigenvalue weighted by molar-refractivity contribution is 9.09. The zero-order valence-corrected chi connectivity index (χ0v) is 14.5. The number of alkyl halides is 2. The fourth-order valence-corrected chi connectivity index (χ4v) is 4.24. The molecule has 0 saturated carbocycles. The molecule has 2 aromatic rings. The second-order valence-corrected chi connectivity index (χ2v) is 6.06. The van der Waals surface area contributed by atoms with Gasteiger partial charge in [0.2, 0.25) is 0 Å². The van der Waals surface area contributed by atoms with E-state index >= 15 is 0 Å². The van der Waals surface area contributed by atoms with Gasteiger partial charge in [-0.1, -0.05) is 44.0 Å². The Hall–Kier alpha value is -0.680. The van der Waals surface area contributed by atoms with E-state index in [1.807, 2.05) is 16.9 Å². The third-order valence-corrected chi connectivity index (χ3v) is 5.65. The van der Waals surface area contributed by atoms with Gasteiger partial charge < -0.3 is 0 Å². The van der Waals surface area contributed by atoms with Gasteiger partial charge in [0.15, 0.2) is 0 Å². The lowest BCUT2D eigenvalue weighted by atomic mass is 9.79. The average Bonchev–Trinajstić information content (AvgIpc) is 2.92. The van der Waals surface area contributed by atoms with E-state index in [4.69, 9.17) is 0 Å². The molecule has 0 spiro atoms. The molecule has 0 atom stereocenters. The third kappa shape index (κ3) is 3.31. The standard InChI is InChI=1S/C15H17Br2FN2/c1-2-20-9-12(8-19-20)7-15(10-16,11-17)13-4-3-5-14(18)6-13/h3-6,8-9H,2,7,10-11H2,1H3. The Kier molecular flexibility index (Phi) is 5.38. The molecule has 0 aliphatic rings. The zero-order valence-electron chi connectivity index (χ0n) is 11.3. The van der Waals surface area contributed by atoms with Gasteiger partial charge in [-0.2, -0.15) is 5.10 Å². The first kappa shape index (κ1) is 15.7. The topological polar surface area (TPSA) is 17.8 Å². The van der Waals surface area contributed by atoms with E-state index in [-0.39, 0.29) is 11.2 Å². The van der Waals surface area contributed by atoms with Gasteiger partial charge in [-0.15, -0.1) is 0 Å². The molecule has 0 N–H and O–H groups in total. The number of nitrogens with zero attached hydrogens (tertiary/aromatic N) is 2. The molecule has 2 rings (SSSR count). The number of halogens is 3. The molecular weight excluding hydrogens is 387 g/mol. The van der Waals surface area contributed by atoms with Crippen molar-refractivity contribution >= 4 is 31.9 Å². The maximum absolute atomic E-state index is 13.5. The Morgan fingerprint density at radius 2 is 2.05 bits per heavy atom. The molecule has 2 nitrogen and oxygen atoms in total. The number of rotatable bonds is 6. The second kappa shape index (κ2) is 6.85. The highest BCUT2D eigenvalue weighted by Crippen LogP contribution is 2.33. The SMILES string of the molecule is CCn1cc(CC(CBr)(CBr)c2cccc(F)c2)cn1. The molecular formula is C15H17Br2FN2. The van der Waals surface area contributed by atoms with Crippen molar-refractivity contribution in [2.75, 3.05) is 10.7 Å². The highest BCUT2D eigenvalue weighted by atomic mass is 79.9. The van der Waals surface area contributed by atoms with E-state index in [0.29, 0.717) is 0 Å². The van der Waals surface area contributed by atoms with Crippen LogP contribution in [0.2, 0.25) is 0 Å². The predicted molar refractivity (Wildman–Crippen MR) is 87.3 cm³/mol. The van der Waals surface area contributed by atoms with Crippen LogP contribution in [0.15, 0.2) is 36.7 Å². The third-order valence-electron chi connectivity index (χ3n) is 3.50. The zero-order chi connectivity index (χ0) is 14.6. The molecule has 108 valence electrons. The Balaban J connectivity index is 2.33. The molecule has 0 aliphatic carbocycles. The van der Waals surface area contributed by atoms with Gasteiger partial charge in [0.1, 0.15) is 5.82 Å². The van der Waals surface area contributed by atoms with Crippen molar-refractivity contribution in [2.45, 2.75) is 25.3 Å². The summed E-state index contributed by atoms with van der Waals surface area (Å²) in [6.45, 7) is 2.92. The van der Waals surface area contributed by atoms with Gasteiger partial charge in [-0.3, -0.25) is 4.68 Å². The minimum absolute atomic E-state index is 0.177. The van der Waals surface area contributed by atoms with E-state index in [0.717, 1.165) is 34.8 Å². The Bertz CT molecular complexity index is 565. The molecule has 0 aliphatic heterocycles. The minimum Gasteiger partial charge on any atom is -0.273 e. The molecule has 0 amide bonds. The van der Waals surface area contributed by atoms with Crippen molar-refractivity contribution in [3.8, 4) is 0 Å². The van der Waals surface area contributed by atoms with Crippen LogP contribution in [0, 0.1) is 5.82 Å². The summed E-state index contributed by atoms with van der Waals surface area (Å²) < 4.78 is 15.4. The van der Waals surface area contributed by atoms with Gasteiger partial charge in [-0.25, -0.2) is 4.39 Å². The average molecular weight is 404 g/mol.